The fourth-order valence-electron chi connectivity index (χ4n) is 3.72. The van der Waals surface area contributed by atoms with Gasteiger partial charge in [0.25, 0.3) is 5.91 Å². The van der Waals surface area contributed by atoms with Crippen molar-refractivity contribution in [3.05, 3.63) is 66.4 Å². The van der Waals surface area contributed by atoms with E-state index < -0.39 is 17.4 Å². The van der Waals surface area contributed by atoms with Crippen LogP contribution in [0.3, 0.4) is 0 Å². The first-order chi connectivity index (χ1) is 15.0. The normalized spacial score (nSPS) is 15.1. The van der Waals surface area contributed by atoms with Crippen molar-refractivity contribution in [3.63, 3.8) is 0 Å². The number of nitrogens with one attached hydrogen (secondary N) is 1. The lowest BCUT2D eigenvalue weighted by molar-refractivity contribution is -0.148. The molecule has 1 amide bonds. The van der Waals surface area contributed by atoms with Gasteiger partial charge in [-0.15, -0.1) is 0 Å². The van der Waals surface area contributed by atoms with Crippen LogP contribution in [-0.2, 0) is 9.53 Å². The number of benzene rings is 2. The molecule has 1 unspecified atom stereocenters. The Bertz CT molecular complexity index is 1090. The van der Waals surface area contributed by atoms with Gasteiger partial charge in [-0.25, -0.2) is 9.48 Å². The van der Waals surface area contributed by atoms with E-state index >= 15 is 0 Å². The number of rotatable bonds is 7. The van der Waals surface area contributed by atoms with Crippen molar-refractivity contribution in [2.75, 3.05) is 14.2 Å². The lowest BCUT2D eigenvalue weighted by Crippen LogP contribution is -2.54. The van der Waals surface area contributed by atoms with Gasteiger partial charge in [0.05, 0.1) is 25.6 Å². The Morgan fingerprint density at radius 3 is 2.32 bits per heavy atom. The van der Waals surface area contributed by atoms with Gasteiger partial charge < -0.3 is 14.8 Å². The summed E-state index contributed by atoms with van der Waals surface area (Å²) in [4.78, 5) is 25.5. The Morgan fingerprint density at radius 2 is 1.74 bits per heavy atom. The highest BCUT2D eigenvalue weighted by molar-refractivity contribution is 5.97. The van der Waals surface area contributed by atoms with E-state index in [2.05, 4.69) is 10.4 Å². The molecule has 0 saturated heterocycles. The summed E-state index contributed by atoms with van der Waals surface area (Å²) < 4.78 is 11.9. The number of nitrogens with zero attached hydrogens (tertiary/aromatic N) is 2. The number of hydrogen-bond acceptors (Lipinski definition) is 5. The first kappa shape index (κ1) is 20.7. The van der Waals surface area contributed by atoms with Crippen molar-refractivity contribution in [1.29, 1.82) is 0 Å². The van der Waals surface area contributed by atoms with E-state index in [0.29, 0.717) is 0 Å². The van der Waals surface area contributed by atoms with E-state index in [4.69, 9.17) is 9.47 Å². The molecule has 0 radical (unpaired) electrons. The van der Waals surface area contributed by atoms with Gasteiger partial charge >= 0.3 is 5.97 Å². The summed E-state index contributed by atoms with van der Waals surface area (Å²) in [6, 6.07) is 18.9. The fraction of sp³-hybridized carbons (Fsp3) is 0.292. The van der Waals surface area contributed by atoms with Gasteiger partial charge in [0.1, 0.15) is 11.3 Å². The van der Waals surface area contributed by atoms with Crippen LogP contribution in [-0.4, -0.2) is 41.4 Å². The Labute approximate surface area is 181 Å². The maximum Gasteiger partial charge on any atom is 0.331 e. The lowest BCUT2D eigenvalue weighted by atomic mass is 9.95. The maximum absolute atomic E-state index is 13.1. The van der Waals surface area contributed by atoms with E-state index in [-0.39, 0.29) is 11.6 Å². The van der Waals surface area contributed by atoms with Crippen LogP contribution in [0.15, 0.2) is 60.7 Å². The molecule has 3 aromatic rings. The average Bonchev–Trinajstić information content (AvgIpc) is 3.58. The van der Waals surface area contributed by atoms with E-state index in [1.807, 2.05) is 54.6 Å². The van der Waals surface area contributed by atoms with Crippen LogP contribution in [0, 0.1) is 5.92 Å². The Balaban J connectivity index is 1.72. The molecule has 1 aromatic heterocycles. The summed E-state index contributed by atoms with van der Waals surface area (Å²) in [5.74, 6) is -0.0441. The van der Waals surface area contributed by atoms with Crippen LogP contribution < -0.4 is 10.1 Å². The molecule has 1 aliphatic rings. The van der Waals surface area contributed by atoms with Crippen molar-refractivity contribution < 1.29 is 19.1 Å². The second kappa shape index (κ2) is 8.26. The Hall–Kier alpha value is -3.61. The molecule has 7 nitrogen and oxygen atoms in total. The molecule has 1 fully saturated rings. The molecule has 4 rings (SSSR count). The van der Waals surface area contributed by atoms with Crippen LogP contribution in [0.25, 0.3) is 16.9 Å². The molecule has 1 saturated carbocycles. The number of ether oxygens (including phenoxy) is 2. The summed E-state index contributed by atoms with van der Waals surface area (Å²) in [7, 11) is 2.95. The molecule has 1 N–H and O–H groups in total. The van der Waals surface area contributed by atoms with Gasteiger partial charge in [-0.2, -0.15) is 5.10 Å². The minimum absolute atomic E-state index is 0.0705. The first-order valence-electron chi connectivity index (χ1n) is 10.2. The second-order valence-electron chi connectivity index (χ2n) is 7.81. The highest BCUT2D eigenvalue weighted by atomic mass is 16.5. The summed E-state index contributed by atoms with van der Waals surface area (Å²) in [6.07, 6.45) is 1.75. The molecule has 0 aliphatic heterocycles. The Kier molecular flexibility index (Phi) is 5.50. The van der Waals surface area contributed by atoms with Gasteiger partial charge in [-0.1, -0.05) is 18.2 Å². The van der Waals surface area contributed by atoms with Crippen LogP contribution in [0.5, 0.6) is 5.75 Å². The molecule has 7 heteroatoms. The summed E-state index contributed by atoms with van der Waals surface area (Å²) in [5, 5.41) is 7.44. The number of esters is 1. The predicted molar refractivity (Wildman–Crippen MR) is 116 cm³/mol. The van der Waals surface area contributed by atoms with E-state index in [1.165, 1.54) is 7.11 Å². The number of aromatic nitrogens is 2. The largest absolute Gasteiger partial charge is 0.497 e. The first-order valence-corrected chi connectivity index (χ1v) is 10.2. The number of para-hydroxylation sites is 1. The third-order valence-corrected chi connectivity index (χ3v) is 5.71. The zero-order valence-corrected chi connectivity index (χ0v) is 17.8. The van der Waals surface area contributed by atoms with Crippen molar-refractivity contribution in [2.45, 2.75) is 25.3 Å². The van der Waals surface area contributed by atoms with Crippen LogP contribution in [0.1, 0.15) is 30.3 Å². The van der Waals surface area contributed by atoms with Gasteiger partial charge in [-0.3, -0.25) is 4.79 Å². The molecule has 2 aromatic carbocycles. The third-order valence-electron chi connectivity index (χ3n) is 5.71. The lowest BCUT2D eigenvalue weighted by Gasteiger charge is -2.27. The standard InChI is InChI=1S/C24H25N3O4/c1-24(17-11-12-17,23(29)31-3)25-22(28)20-15-21(16-9-13-19(30-2)14-10-16)27(26-20)18-7-5-4-6-8-18/h4-10,13-15,17H,11-12H2,1-3H3,(H,25,28). The number of hydrogen-bond donors (Lipinski definition) is 1. The highest BCUT2D eigenvalue weighted by Crippen LogP contribution is 2.40. The minimum Gasteiger partial charge on any atom is -0.497 e. The molecule has 0 bridgehead atoms. The van der Waals surface area contributed by atoms with E-state index in [9.17, 15) is 9.59 Å². The summed E-state index contributed by atoms with van der Waals surface area (Å²) in [5.41, 5.74) is 1.62. The SMILES string of the molecule is COC(=O)C(C)(NC(=O)c1cc(-c2ccc(OC)cc2)n(-c2ccccc2)n1)C1CC1. The number of amides is 1. The summed E-state index contributed by atoms with van der Waals surface area (Å²) in [6.45, 7) is 1.72. The molecule has 1 atom stereocenters. The smallest absolute Gasteiger partial charge is 0.331 e. The minimum atomic E-state index is -1.07. The average molecular weight is 419 g/mol. The second-order valence-corrected chi connectivity index (χ2v) is 7.81. The number of carbonyl (C=O) groups is 2. The molecular weight excluding hydrogens is 394 g/mol. The zero-order valence-electron chi connectivity index (χ0n) is 17.8. The zero-order chi connectivity index (χ0) is 22.0. The molecule has 1 heterocycles. The third kappa shape index (κ3) is 4.03. The Morgan fingerprint density at radius 1 is 1.06 bits per heavy atom. The molecule has 160 valence electrons. The van der Waals surface area contributed by atoms with Gasteiger partial charge in [-0.05, 0) is 68.1 Å². The maximum atomic E-state index is 13.1. The van der Waals surface area contributed by atoms with Crippen LogP contribution in [0.4, 0.5) is 0 Å². The molecule has 0 spiro atoms. The topological polar surface area (TPSA) is 82.5 Å². The monoisotopic (exact) mass is 419 g/mol. The van der Waals surface area contributed by atoms with Gasteiger partial charge in [0.2, 0.25) is 0 Å². The highest BCUT2D eigenvalue weighted by Gasteiger charge is 2.49. The fourth-order valence-corrected chi connectivity index (χ4v) is 3.72. The molecule has 1 aliphatic carbocycles. The predicted octanol–water partition coefficient (Wildman–Crippen LogP) is 3.62. The van der Waals surface area contributed by atoms with E-state index in [0.717, 1.165) is 35.5 Å². The van der Waals surface area contributed by atoms with Crippen molar-refractivity contribution in [1.82, 2.24) is 15.1 Å². The van der Waals surface area contributed by atoms with Crippen molar-refractivity contribution >= 4 is 11.9 Å². The molecule has 31 heavy (non-hydrogen) atoms. The van der Waals surface area contributed by atoms with Crippen molar-refractivity contribution in [3.8, 4) is 22.7 Å². The number of carbonyl (C=O) groups excluding carboxylic acids is 2. The summed E-state index contributed by atoms with van der Waals surface area (Å²) >= 11 is 0. The van der Waals surface area contributed by atoms with E-state index in [1.54, 1.807) is 24.8 Å². The van der Waals surface area contributed by atoms with Crippen LogP contribution in [0.2, 0.25) is 0 Å². The van der Waals surface area contributed by atoms with Crippen molar-refractivity contribution in [2.24, 2.45) is 5.92 Å². The number of methoxy groups -OCH3 is 2. The van der Waals surface area contributed by atoms with Gasteiger partial charge in [0, 0.05) is 5.56 Å². The molecular formula is C24H25N3O4. The van der Waals surface area contributed by atoms with Gasteiger partial charge in [0.15, 0.2) is 5.69 Å². The van der Waals surface area contributed by atoms with Crippen LogP contribution >= 0.6 is 0 Å². The quantitative estimate of drug-likeness (QED) is 0.592.